The lowest BCUT2D eigenvalue weighted by molar-refractivity contribution is -0.132. The molecule has 0 atom stereocenters. The highest BCUT2D eigenvalue weighted by atomic mass is 32.1. The van der Waals surface area contributed by atoms with Crippen LogP contribution in [0.25, 0.3) is 0 Å². The van der Waals surface area contributed by atoms with Gasteiger partial charge in [0.15, 0.2) is 0 Å². The molecule has 1 aromatic heterocycles. The Kier molecular flexibility index (Phi) is 5.90. The molecule has 1 fully saturated rings. The van der Waals surface area contributed by atoms with Crippen LogP contribution in [-0.4, -0.2) is 85.0 Å². The van der Waals surface area contributed by atoms with Crippen molar-refractivity contribution in [2.75, 3.05) is 46.9 Å². The van der Waals surface area contributed by atoms with E-state index in [1.807, 2.05) is 18.7 Å². The van der Waals surface area contributed by atoms with E-state index in [-0.39, 0.29) is 35.5 Å². The van der Waals surface area contributed by atoms with Crippen LogP contribution in [-0.2, 0) is 14.3 Å². The highest BCUT2D eigenvalue weighted by molar-refractivity contribution is 7.15. The summed E-state index contributed by atoms with van der Waals surface area (Å²) in [5.41, 5.74) is 1.55. The molecule has 0 bridgehead atoms. The first-order chi connectivity index (χ1) is 13.7. The van der Waals surface area contributed by atoms with Crippen molar-refractivity contribution in [3.63, 3.8) is 0 Å². The van der Waals surface area contributed by atoms with Gasteiger partial charge in [0, 0.05) is 57.7 Å². The molecule has 8 nitrogen and oxygen atoms in total. The van der Waals surface area contributed by atoms with Crippen molar-refractivity contribution in [3.8, 4) is 0 Å². The summed E-state index contributed by atoms with van der Waals surface area (Å²) >= 11 is 1.28. The van der Waals surface area contributed by atoms with Crippen LogP contribution in [0.3, 0.4) is 0 Å². The Morgan fingerprint density at radius 1 is 1.10 bits per heavy atom. The van der Waals surface area contributed by atoms with Gasteiger partial charge in [0.2, 0.25) is 17.5 Å². The minimum absolute atomic E-state index is 0.0242. The number of likely N-dealkylation sites (N-methyl/N-ethyl adjacent to an activating group) is 1. The zero-order valence-corrected chi connectivity index (χ0v) is 18.1. The Balaban J connectivity index is 2.09. The first-order valence-electron chi connectivity index (χ1n) is 9.38. The van der Waals surface area contributed by atoms with Gasteiger partial charge in [-0.25, -0.2) is 0 Å². The molecule has 2 aliphatic rings. The third-order valence-electron chi connectivity index (χ3n) is 5.49. The maximum absolute atomic E-state index is 13.5. The second-order valence-corrected chi connectivity index (χ2v) is 8.45. The topological polar surface area (TPSA) is 87.2 Å². The first-order valence-corrected chi connectivity index (χ1v) is 10.2. The molecule has 1 aromatic rings. The Hall–Kier alpha value is -2.52. The van der Waals surface area contributed by atoms with E-state index < -0.39 is 5.91 Å². The number of ether oxygens (including phenoxy) is 1. The quantitative estimate of drug-likeness (QED) is 0.730. The zero-order valence-electron chi connectivity index (χ0n) is 17.3. The van der Waals surface area contributed by atoms with Crippen molar-refractivity contribution >= 4 is 34.7 Å². The van der Waals surface area contributed by atoms with Crippen molar-refractivity contribution in [1.29, 1.82) is 0 Å². The number of ketones is 2. The van der Waals surface area contributed by atoms with Gasteiger partial charge in [-0.1, -0.05) is 0 Å². The molecule has 3 rings (SSSR count). The van der Waals surface area contributed by atoms with Crippen LogP contribution in [0.2, 0.25) is 0 Å². The van der Waals surface area contributed by atoms with Crippen LogP contribution in [0, 0.1) is 13.8 Å². The molecule has 0 aromatic carbocycles. The average molecular weight is 420 g/mol. The van der Waals surface area contributed by atoms with E-state index >= 15 is 0 Å². The number of nitrogens with zero attached hydrogens (tertiary/aromatic N) is 3. The van der Waals surface area contributed by atoms with Gasteiger partial charge >= 0.3 is 0 Å². The number of thiophene rings is 1. The number of fused-ring (bicyclic) bond motifs is 1. The van der Waals surface area contributed by atoms with Gasteiger partial charge in [0.25, 0.3) is 5.91 Å². The smallest absolute Gasteiger partial charge is 0.252 e. The minimum atomic E-state index is -0.406. The average Bonchev–Trinajstić information content (AvgIpc) is 2.99. The molecule has 2 heterocycles. The number of allylic oxidation sites excluding steroid dienone is 2. The maximum atomic E-state index is 13.5. The summed E-state index contributed by atoms with van der Waals surface area (Å²) in [6, 6.07) is 0. The Bertz CT molecular complexity index is 925. The maximum Gasteiger partial charge on any atom is 0.252 e. The monoisotopic (exact) mass is 419 g/mol. The molecule has 9 heteroatoms. The summed E-state index contributed by atoms with van der Waals surface area (Å²) < 4.78 is 4.93. The van der Waals surface area contributed by atoms with Crippen molar-refractivity contribution < 1.29 is 23.9 Å². The van der Waals surface area contributed by atoms with Crippen LogP contribution < -0.4 is 0 Å². The number of aryl methyl sites for hydroxylation is 1. The summed E-state index contributed by atoms with van der Waals surface area (Å²) in [6.45, 7) is 6.78. The van der Waals surface area contributed by atoms with Crippen LogP contribution in [0.1, 0.15) is 37.4 Å². The van der Waals surface area contributed by atoms with Gasteiger partial charge < -0.3 is 19.4 Å². The molecular formula is C20H25N3O5S. The number of rotatable bonds is 4. The van der Waals surface area contributed by atoms with Crippen LogP contribution >= 0.6 is 11.3 Å². The summed E-state index contributed by atoms with van der Waals surface area (Å²) in [5.74, 6) is -0.998. The lowest BCUT2D eigenvalue weighted by Crippen LogP contribution is -2.50. The standard InChI is InChI=1S/C20H25N3O5S/c1-11-12(2)29-20-15(11)18(26)17(23-8-6-22(7-9-23)13(3)24)16(19(20)27)21(4)14(25)10-28-5/h6-10H2,1-5H3. The lowest BCUT2D eigenvalue weighted by atomic mass is 9.92. The summed E-state index contributed by atoms with van der Waals surface area (Å²) in [4.78, 5) is 57.1. The third kappa shape index (κ3) is 3.60. The fourth-order valence-corrected chi connectivity index (χ4v) is 4.79. The second-order valence-electron chi connectivity index (χ2n) is 7.22. The zero-order chi connectivity index (χ0) is 21.5. The van der Waals surface area contributed by atoms with E-state index in [4.69, 9.17) is 4.74 Å². The Morgan fingerprint density at radius 2 is 1.72 bits per heavy atom. The van der Waals surface area contributed by atoms with Gasteiger partial charge in [-0.15, -0.1) is 11.3 Å². The van der Waals surface area contributed by atoms with Gasteiger partial charge in [-0.3, -0.25) is 19.2 Å². The van der Waals surface area contributed by atoms with Gasteiger partial charge in [-0.05, 0) is 19.4 Å². The molecule has 1 saturated heterocycles. The minimum Gasteiger partial charge on any atom is -0.375 e. The number of carbonyl (C=O) groups is 4. The van der Waals surface area contributed by atoms with Gasteiger partial charge in [0.1, 0.15) is 18.0 Å². The number of hydrogen-bond acceptors (Lipinski definition) is 7. The number of piperazine rings is 1. The van der Waals surface area contributed by atoms with Crippen LogP contribution in [0.15, 0.2) is 11.4 Å². The van der Waals surface area contributed by atoms with E-state index in [1.54, 1.807) is 4.90 Å². The molecule has 0 N–H and O–H groups in total. The van der Waals surface area contributed by atoms with E-state index in [0.717, 1.165) is 10.4 Å². The Morgan fingerprint density at radius 3 is 2.28 bits per heavy atom. The largest absolute Gasteiger partial charge is 0.375 e. The van der Waals surface area contributed by atoms with E-state index in [9.17, 15) is 19.2 Å². The van der Waals surface area contributed by atoms with Gasteiger partial charge in [0.05, 0.1) is 4.88 Å². The summed E-state index contributed by atoms with van der Waals surface area (Å²) in [5, 5.41) is 0. The number of hydrogen-bond donors (Lipinski definition) is 0. The van der Waals surface area contributed by atoms with Crippen LogP contribution in [0.4, 0.5) is 0 Å². The molecule has 2 amide bonds. The molecule has 0 unspecified atom stereocenters. The molecule has 0 radical (unpaired) electrons. The normalized spacial score (nSPS) is 17.0. The fraction of sp³-hybridized carbons (Fsp3) is 0.500. The molecular weight excluding hydrogens is 394 g/mol. The first kappa shape index (κ1) is 21.2. The molecule has 156 valence electrons. The van der Waals surface area contributed by atoms with Gasteiger partial charge in [-0.2, -0.15) is 0 Å². The summed E-state index contributed by atoms with van der Waals surface area (Å²) in [6.07, 6.45) is 0. The van der Waals surface area contributed by atoms with Crippen LogP contribution in [0.5, 0.6) is 0 Å². The second kappa shape index (κ2) is 8.08. The highest BCUT2D eigenvalue weighted by Crippen LogP contribution is 2.38. The number of amides is 2. The van der Waals surface area contributed by atoms with Crippen molar-refractivity contribution in [3.05, 3.63) is 32.3 Å². The van der Waals surface area contributed by atoms with E-state index in [1.165, 1.54) is 37.3 Å². The predicted octanol–water partition coefficient (Wildman–Crippen LogP) is 1.22. The fourth-order valence-electron chi connectivity index (χ4n) is 3.70. The number of methoxy groups -OCH3 is 1. The van der Waals surface area contributed by atoms with E-state index in [0.29, 0.717) is 36.6 Å². The molecule has 1 aliphatic carbocycles. The van der Waals surface area contributed by atoms with Crippen molar-refractivity contribution in [2.24, 2.45) is 0 Å². The lowest BCUT2D eigenvalue weighted by Gasteiger charge is -2.39. The number of Topliss-reactive ketones (excluding diaryl/α,β-unsaturated/α-hetero) is 2. The molecule has 1 aliphatic heterocycles. The Labute approximate surface area is 173 Å². The molecule has 29 heavy (non-hydrogen) atoms. The third-order valence-corrected chi connectivity index (χ3v) is 6.70. The predicted molar refractivity (Wildman–Crippen MR) is 108 cm³/mol. The van der Waals surface area contributed by atoms with E-state index in [2.05, 4.69) is 0 Å². The molecule has 0 saturated carbocycles. The SMILES string of the molecule is COCC(=O)N(C)C1=C(N2CCN(C(C)=O)CC2)C(=O)c2c(sc(C)c2C)C1=O. The van der Waals surface area contributed by atoms with Crippen molar-refractivity contribution in [2.45, 2.75) is 20.8 Å². The number of carbonyl (C=O) groups excluding carboxylic acids is 4. The highest BCUT2D eigenvalue weighted by Gasteiger charge is 2.41. The molecule has 0 spiro atoms. The summed E-state index contributed by atoms with van der Waals surface area (Å²) in [7, 11) is 2.89. The van der Waals surface area contributed by atoms with Crippen molar-refractivity contribution in [1.82, 2.24) is 14.7 Å².